The zero-order valence-electron chi connectivity index (χ0n) is 14.0. The Hall–Kier alpha value is -2.25. The highest BCUT2D eigenvalue weighted by Gasteiger charge is 2.22. The van der Waals surface area contributed by atoms with E-state index in [1.165, 1.54) is 56.6 Å². The van der Waals surface area contributed by atoms with Gasteiger partial charge in [0.05, 0.1) is 34.9 Å². The van der Waals surface area contributed by atoms with Crippen molar-refractivity contribution >= 4 is 33.3 Å². The maximum absolute atomic E-state index is 12.7. The number of benzene rings is 2. The zero-order valence-corrected chi connectivity index (χ0v) is 15.6. The maximum Gasteiger partial charge on any atom is 0.338 e. The van der Waals surface area contributed by atoms with Gasteiger partial charge in [-0.2, -0.15) is 0 Å². The highest BCUT2D eigenvalue weighted by Crippen LogP contribution is 2.29. The molecule has 0 amide bonds. The number of methoxy groups -OCH3 is 1. The predicted molar refractivity (Wildman–Crippen MR) is 96.0 cm³/mol. The van der Waals surface area contributed by atoms with E-state index >= 15 is 0 Å². The van der Waals surface area contributed by atoms with Crippen LogP contribution in [0, 0.1) is 0 Å². The summed E-state index contributed by atoms with van der Waals surface area (Å²) in [7, 11) is -0.931. The minimum Gasteiger partial charge on any atom is -0.495 e. The van der Waals surface area contributed by atoms with Crippen LogP contribution in [-0.2, 0) is 14.8 Å². The summed E-state index contributed by atoms with van der Waals surface area (Å²) in [5.41, 5.74) is 0.754. The molecule has 0 saturated carbocycles. The first-order chi connectivity index (χ1) is 11.8. The molecular weight excluding hydrogens is 366 g/mol. The van der Waals surface area contributed by atoms with E-state index in [-0.39, 0.29) is 16.5 Å². The molecule has 134 valence electrons. The number of nitrogens with zero attached hydrogens (tertiary/aromatic N) is 1. The molecule has 0 fully saturated rings. The molecule has 8 heteroatoms. The molecule has 2 aromatic carbocycles. The second-order valence-electron chi connectivity index (χ2n) is 5.04. The SMILES string of the molecule is CCOC(=O)c1ccc(N(C)S(=O)(=O)c2ccc(OC)c(Cl)c2)cc1. The number of anilines is 1. The molecule has 2 rings (SSSR count). The lowest BCUT2D eigenvalue weighted by Gasteiger charge is -2.20. The van der Waals surface area contributed by atoms with Crippen LogP contribution in [0.4, 0.5) is 5.69 Å². The standard InChI is InChI=1S/C17H18ClNO5S/c1-4-24-17(20)12-5-7-13(8-6-12)19(2)25(21,22)14-9-10-16(23-3)15(18)11-14/h5-11H,4H2,1-3H3. The van der Waals surface area contributed by atoms with Gasteiger partial charge in [0.2, 0.25) is 0 Å². The Kier molecular flexibility index (Phi) is 5.92. The van der Waals surface area contributed by atoms with Crippen molar-refractivity contribution in [2.75, 3.05) is 25.1 Å². The van der Waals surface area contributed by atoms with Gasteiger partial charge < -0.3 is 9.47 Å². The van der Waals surface area contributed by atoms with Gasteiger partial charge in [-0.05, 0) is 49.4 Å². The number of halogens is 1. The number of hydrogen-bond acceptors (Lipinski definition) is 5. The van der Waals surface area contributed by atoms with Gasteiger partial charge in [-0.3, -0.25) is 4.31 Å². The lowest BCUT2D eigenvalue weighted by molar-refractivity contribution is 0.0526. The molecule has 0 radical (unpaired) electrons. The van der Waals surface area contributed by atoms with Crippen molar-refractivity contribution in [3.8, 4) is 5.75 Å². The predicted octanol–water partition coefficient (Wildman–Crippen LogP) is 3.35. The molecule has 0 aromatic heterocycles. The third-order valence-electron chi connectivity index (χ3n) is 3.52. The molecule has 0 N–H and O–H groups in total. The summed E-state index contributed by atoms with van der Waals surface area (Å²) in [5.74, 6) is -0.0662. The van der Waals surface area contributed by atoms with Crippen LogP contribution in [0.25, 0.3) is 0 Å². The van der Waals surface area contributed by atoms with Gasteiger partial charge >= 0.3 is 5.97 Å². The molecule has 0 aliphatic carbocycles. The molecule has 0 heterocycles. The summed E-state index contributed by atoms with van der Waals surface area (Å²) in [6, 6.07) is 10.3. The van der Waals surface area contributed by atoms with E-state index < -0.39 is 16.0 Å². The molecule has 0 bridgehead atoms. The van der Waals surface area contributed by atoms with Crippen LogP contribution < -0.4 is 9.04 Å². The first-order valence-corrected chi connectivity index (χ1v) is 9.22. The van der Waals surface area contributed by atoms with Gasteiger partial charge in [0.25, 0.3) is 10.0 Å². The summed E-state index contributed by atoms with van der Waals surface area (Å²) < 4.78 is 36.5. The minimum absolute atomic E-state index is 0.0373. The molecule has 25 heavy (non-hydrogen) atoms. The Morgan fingerprint density at radius 2 is 1.80 bits per heavy atom. The van der Waals surface area contributed by atoms with Crippen LogP contribution in [0.5, 0.6) is 5.75 Å². The van der Waals surface area contributed by atoms with Crippen molar-refractivity contribution in [3.05, 3.63) is 53.1 Å². The molecule has 0 unspecified atom stereocenters. The molecule has 0 spiro atoms. The first-order valence-electron chi connectivity index (χ1n) is 7.41. The topological polar surface area (TPSA) is 72.9 Å². The van der Waals surface area contributed by atoms with E-state index in [4.69, 9.17) is 21.1 Å². The van der Waals surface area contributed by atoms with E-state index in [2.05, 4.69) is 0 Å². The molecule has 6 nitrogen and oxygen atoms in total. The van der Waals surface area contributed by atoms with Gasteiger partial charge in [0.15, 0.2) is 0 Å². The summed E-state index contributed by atoms with van der Waals surface area (Å²) in [4.78, 5) is 11.7. The van der Waals surface area contributed by atoms with Crippen molar-refractivity contribution in [3.63, 3.8) is 0 Å². The molecule has 0 atom stereocenters. The number of sulfonamides is 1. The Balaban J connectivity index is 2.30. The average molecular weight is 384 g/mol. The van der Waals surface area contributed by atoms with Crippen molar-refractivity contribution in [2.24, 2.45) is 0 Å². The van der Waals surface area contributed by atoms with Crippen LogP contribution in [-0.4, -0.2) is 35.2 Å². The van der Waals surface area contributed by atoms with E-state index in [0.717, 1.165) is 4.31 Å². The second-order valence-corrected chi connectivity index (χ2v) is 7.41. The number of esters is 1. The second kappa shape index (κ2) is 7.76. The normalized spacial score (nSPS) is 11.0. The van der Waals surface area contributed by atoms with E-state index in [1.807, 2.05) is 0 Å². The number of hydrogen-bond donors (Lipinski definition) is 0. The van der Waals surface area contributed by atoms with E-state index in [1.54, 1.807) is 6.92 Å². The van der Waals surface area contributed by atoms with Gasteiger partial charge in [0.1, 0.15) is 5.75 Å². The fourth-order valence-electron chi connectivity index (χ4n) is 2.13. The van der Waals surface area contributed by atoms with Crippen molar-refractivity contribution in [1.29, 1.82) is 0 Å². The molecule has 0 aliphatic heterocycles. The van der Waals surface area contributed by atoms with Gasteiger partial charge in [-0.1, -0.05) is 11.6 Å². The summed E-state index contributed by atoms with van der Waals surface area (Å²) >= 11 is 6.01. The van der Waals surface area contributed by atoms with E-state index in [0.29, 0.717) is 17.0 Å². The zero-order chi connectivity index (χ0) is 18.6. The monoisotopic (exact) mass is 383 g/mol. The average Bonchev–Trinajstić information content (AvgIpc) is 2.61. The maximum atomic E-state index is 12.7. The van der Waals surface area contributed by atoms with Crippen molar-refractivity contribution in [2.45, 2.75) is 11.8 Å². The Morgan fingerprint density at radius 3 is 2.32 bits per heavy atom. The third kappa shape index (κ3) is 4.05. The van der Waals surface area contributed by atoms with Gasteiger partial charge in [0, 0.05) is 7.05 Å². The number of carbonyl (C=O) groups is 1. The number of ether oxygens (including phenoxy) is 2. The lowest BCUT2D eigenvalue weighted by Crippen LogP contribution is -2.26. The molecule has 2 aromatic rings. The van der Waals surface area contributed by atoms with Crippen molar-refractivity contribution in [1.82, 2.24) is 0 Å². The highest BCUT2D eigenvalue weighted by molar-refractivity contribution is 7.92. The van der Waals surface area contributed by atoms with Crippen LogP contribution >= 0.6 is 11.6 Å². The van der Waals surface area contributed by atoms with Crippen LogP contribution in [0.3, 0.4) is 0 Å². The fraction of sp³-hybridized carbons (Fsp3) is 0.235. The quantitative estimate of drug-likeness (QED) is 0.715. The molecule has 0 aliphatic rings. The van der Waals surface area contributed by atoms with Gasteiger partial charge in [-0.15, -0.1) is 0 Å². The van der Waals surface area contributed by atoms with Crippen LogP contribution in [0.1, 0.15) is 17.3 Å². The Morgan fingerprint density at radius 1 is 1.16 bits per heavy atom. The van der Waals surface area contributed by atoms with Crippen LogP contribution in [0.15, 0.2) is 47.4 Å². The lowest BCUT2D eigenvalue weighted by atomic mass is 10.2. The smallest absolute Gasteiger partial charge is 0.338 e. The Labute approximate surface area is 152 Å². The minimum atomic E-state index is -3.81. The number of rotatable bonds is 6. The highest BCUT2D eigenvalue weighted by atomic mass is 35.5. The first kappa shape index (κ1) is 19.1. The molecule has 0 saturated heterocycles. The largest absolute Gasteiger partial charge is 0.495 e. The van der Waals surface area contributed by atoms with Crippen LogP contribution in [0.2, 0.25) is 5.02 Å². The summed E-state index contributed by atoms with van der Waals surface area (Å²) in [6.07, 6.45) is 0. The Bertz CT molecular complexity index is 865. The molecular formula is C17H18ClNO5S. The summed E-state index contributed by atoms with van der Waals surface area (Å²) in [5, 5.41) is 0.203. The fourth-order valence-corrected chi connectivity index (χ4v) is 3.67. The van der Waals surface area contributed by atoms with Gasteiger partial charge in [-0.25, -0.2) is 13.2 Å². The number of carbonyl (C=O) groups excluding carboxylic acids is 1. The summed E-state index contributed by atoms with van der Waals surface area (Å²) in [6.45, 7) is 1.99. The van der Waals surface area contributed by atoms with Crippen molar-refractivity contribution < 1.29 is 22.7 Å². The third-order valence-corrected chi connectivity index (χ3v) is 5.60. The van der Waals surface area contributed by atoms with E-state index in [9.17, 15) is 13.2 Å².